The Kier molecular flexibility index (Phi) is 5.02. The molecule has 0 amide bonds. The van der Waals surface area contributed by atoms with E-state index < -0.39 is 9.84 Å². The van der Waals surface area contributed by atoms with Crippen LogP contribution in [0.1, 0.15) is 26.2 Å². The summed E-state index contributed by atoms with van der Waals surface area (Å²) in [6.07, 6.45) is 4.66. The Bertz CT molecular complexity index is 498. The maximum atomic E-state index is 11.4. The molecular weight excluding hydrogens is 248 g/mol. The van der Waals surface area contributed by atoms with Gasteiger partial charge in [0.05, 0.1) is 16.3 Å². The van der Waals surface area contributed by atoms with E-state index in [-0.39, 0.29) is 4.90 Å². The molecule has 0 aromatic heterocycles. The van der Waals surface area contributed by atoms with Crippen LogP contribution in [0.25, 0.3) is 0 Å². The van der Waals surface area contributed by atoms with Gasteiger partial charge in [0, 0.05) is 19.8 Å². The molecule has 0 atom stereocenters. The van der Waals surface area contributed by atoms with Gasteiger partial charge in [0.2, 0.25) is 0 Å². The van der Waals surface area contributed by atoms with Gasteiger partial charge in [0.15, 0.2) is 9.84 Å². The number of nitrogen functional groups attached to an aromatic ring is 1. The number of hydrogen-bond acceptors (Lipinski definition) is 4. The fraction of sp³-hybridized carbons (Fsp3) is 0.538. The maximum Gasteiger partial charge on any atom is 0.175 e. The number of anilines is 2. The molecule has 4 nitrogen and oxygen atoms in total. The second kappa shape index (κ2) is 6.09. The highest BCUT2D eigenvalue weighted by molar-refractivity contribution is 7.90. The molecule has 18 heavy (non-hydrogen) atoms. The zero-order valence-corrected chi connectivity index (χ0v) is 12.1. The summed E-state index contributed by atoms with van der Waals surface area (Å²) in [6.45, 7) is 3.09. The zero-order chi connectivity index (χ0) is 13.8. The van der Waals surface area contributed by atoms with Gasteiger partial charge in [-0.2, -0.15) is 0 Å². The number of sulfone groups is 1. The summed E-state index contributed by atoms with van der Waals surface area (Å²) in [5, 5.41) is 0. The van der Waals surface area contributed by atoms with Crippen LogP contribution in [0.2, 0.25) is 0 Å². The number of nitrogens with two attached hydrogens (primary N) is 1. The molecule has 0 spiro atoms. The molecule has 5 heteroatoms. The first kappa shape index (κ1) is 14.8. The van der Waals surface area contributed by atoms with Gasteiger partial charge in [-0.05, 0) is 24.6 Å². The molecule has 2 N–H and O–H groups in total. The average Bonchev–Trinajstić information content (AvgIpc) is 2.27. The van der Waals surface area contributed by atoms with Crippen LogP contribution in [-0.2, 0) is 9.84 Å². The summed E-state index contributed by atoms with van der Waals surface area (Å²) in [6, 6.07) is 4.91. The SMILES string of the molecule is CCCCCN(C)c1ccc(S(C)(=O)=O)cc1N. The van der Waals surface area contributed by atoms with E-state index in [1.807, 2.05) is 7.05 Å². The Morgan fingerprint density at radius 1 is 1.28 bits per heavy atom. The topological polar surface area (TPSA) is 63.4 Å². The molecule has 0 unspecified atom stereocenters. The zero-order valence-electron chi connectivity index (χ0n) is 11.3. The highest BCUT2D eigenvalue weighted by Gasteiger charge is 2.11. The van der Waals surface area contributed by atoms with Gasteiger partial charge in [0.1, 0.15) is 0 Å². The highest BCUT2D eigenvalue weighted by Crippen LogP contribution is 2.25. The molecule has 0 aliphatic carbocycles. The lowest BCUT2D eigenvalue weighted by molar-refractivity contribution is 0.602. The molecule has 0 aliphatic rings. The first-order valence-corrected chi connectivity index (χ1v) is 8.06. The molecule has 1 aromatic rings. The summed E-state index contributed by atoms with van der Waals surface area (Å²) in [5.41, 5.74) is 7.32. The van der Waals surface area contributed by atoms with E-state index in [4.69, 9.17) is 5.73 Å². The van der Waals surface area contributed by atoms with Crippen molar-refractivity contribution in [2.45, 2.75) is 31.1 Å². The van der Waals surface area contributed by atoms with E-state index in [1.54, 1.807) is 12.1 Å². The third-order valence-electron chi connectivity index (χ3n) is 2.94. The lowest BCUT2D eigenvalue weighted by atomic mass is 10.2. The first-order valence-electron chi connectivity index (χ1n) is 6.17. The highest BCUT2D eigenvalue weighted by atomic mass is 32.2. The summed E-state index contributed by atoms with van der Waals surface area (Å²) >= 11 is 0. The predicted octanol–water partition coefficient (Wildman–Crippen LogP) is 2.30. The normalized spacial score (nSPS) is 11.5. The number of rotatable bonds is 6. The lowest BCUT2D eigenvalue weighted by Gasteiger charge is -2.21. The summed E-state index contributed by atoms with van der Waals surface area (Å²) < 4.78 is 22.8. The van der Waals surface area contributed by atoms with Gasteiger partial charge in [-0.15, -0.1) is 0 Å². The molecule has 0 saturated carbocycles. The molecule has 1 aromatic carbocycles. The van der Waals surface area contributed by atoms with Crippen molar-refractivity contribution in [3.05, 3.63) is 18.2 Å². The summed E-state index contributed by atoms with van der Waals surface area (Å²) in [7, 11) is -1.21. The molecule has 1 rings (SSSR count). The van der Waals surface area contributed by atoms with Crippen molar-refractivity contribution in [3.63, 3.8) is 0 Å². The van der Waals surface area contributed by atoms with Crippen LogP contribution in [0, 0.1) is 0 Å². The average molecular weight is 270 g/mol. The van der Waals surface area contributed by atoms with E-state index in [0.29, 0.717) is 5.69 Å². The monoisotopic (exact) mass is 270 g/mol. The fourth-order valence-corrected chi connectivity index (χ4v) is 2.49. The standard InChI is InChI=1S/C13H22N2O2S/c1-4-5-6-9-15(2)13-8-7-11(10-12(13)14)18(3,16)17/h7-8,10H,4-6,9,14H2,1-3H3. The third kappa shape index (κ3) is 3.91. The van der Waals surface area contributed by atoms with Crippen LogP contribution in [0.3, 0.4) is 0 Å². The predicted molar refractivity (Wildman–Crippen MR) is 76.8 cm³/mol. The molecule has 0 radical (unpaired) electrons. The van der Waals surface area contributed by atoms with Crippen LogP contribution in [-0.4, -0.2) is 28.3 Å². The number of nitrogens with zero attached hydrogens (tertiary/aromatic N) is 1. The van der Waals surface area contributed by atoms with E-state index in [2.05, 4.69) is 11.8 Å². The van der Waals surface area contributed by atoms with E-state index >= 15 is 0 Å². The van der Waals surface area contributed by atoms with Crippen LogP contribution >= 0.6 is 0 Å². The Morgan fingerprint density at radius 3 is 2.44 bits per heavy atom. The number of benzene rings is 1. The molecular formula is C13H22N2O2S. The van der Waals surface area contributed by atoms with Gasteiger partial charge in [-0.25, -0.2) is 8.42 Å². The van der Waals surface area contributed by atoms with Crippen LogP contribution < -0.4 is 10.6 Å². The maximum absolute atomic E-state index is 11.4. The van der Waals surface area contributed by atoms with Crippen molar-refractivity contribution >= 4 is 21.2 Å². The molecule has 102 valence electrons. The largest absolute Gasteiger partial charge is 0.397 e. The number of unbranched alkanes of at least 4 members (excludes halogenated alkanes) is 2. The minimum absolute atomic E-state index is 0.269. The van der Waals surface area contributed by atoms with E-state index in [0.717, 1.165) is 18.7 Å². The number of hydrogen-bond donors (Lipinski definition) is 1. The Hall–Kier alpha value is -1.23. The van der Waals surface area contributed by atoms with Gasteiger partial charge in [0.25, 0.3) is 0 Å². The second-order valence-corrected chi connectivity index (χ2v) is 6.64. The van der Waals surface area contributed by atoms with Crippen molar-refractivity contribution in [2.75, 3.05) is 30.5 Å². The minimum Gasteiger partial charge on any atom is -0.397 e. The quantitative estimate of drug-likeness (QED) is 0.636. The molecule has 0 fully saturated rings. The molecule has 0 aliphatic heterocycles. The van der Waals surface area contributed by atoms with Crippen LogP contribution in [0.5, 0.6) is 0 Å². The molecule has 0 heterocycles. The summed E-state index contributed by atoms with van der Waals surface area (Å²) in [5.74, 6) is 0. The van der Waals surface area contributed by atoms with Crippen LogP contribution in [0.4, 0.5) is 11.4 Å². The minimum atomic E-state index is -3.19. The van der Waals surface area contributed by atoms with Crippen molar-refractivity contribution in [1.29, 1.82) is 0 Å². The Morgan fingerprint density at radius 2 is 1.94 bits per heavy atom. The van der Waals surface area contributed by atoms with Crippen molar-refractivity contribution < 1.29 is 8.42 Å². The van der Waals surface area contributed by atoms with Crippen molar-refractivity contribution in [1.82, 2.24) is 0 Å². The second-order valence-electron chi connectivity index (χ2n) is 4.62. The van der Waals surface area contributed by atoms with E-state index in [1.165, 1.54) is 25.2 Å². The smallest absolute Gasteiger partial charge is 0.175 e. The van der Waals surface area contributed by atoms with Crippen LogP contribution in [0.15, 0.2) is 23.1 Å². The lowest BCUT2D eigenvalue weighted by Crippen LogP contribution is -2.19. The van der Waals surface area contributed by atoms with Crippen molar-refractivity contribution in [3.8, 4) is 0 Å². The van der Waals surface area contributed by atoms with Gasteiger partial charge in [-0.3, -0.25) is 0 Å². The van der Waals surface area contributed by atoms with Gasteiger partial charge < -0.3 is 10.6 Å². The summed E-state index contributed by atoms with van der Waals surface area (Å²) in [4.78, 5) is 2.34. The molecule has 0 bridgehead atoms. The van der Waals surface area contributed by atoms with Gasteiger partial charge >= 0.3 is 0 Å². The van der Waals surface area contributed by atoms with Crippen molar-refractivity contribution in [2.24, 2.45) is 0 Å². The van der Waals surface area contributed by atoms with Gasteiger partial charge in [-0.1, -0.05) is 19.8 Å². The first-order chi connectivity index (χ1) is 8.36. The van der Waals surface area contributed by atoms with E-state index in [9.17, 15) is 8.42 Å². The Labute approximate surface area is 110 Å². The molecule has 0 saturated heterocycles. The fourth-order valence-electron chi connectivity index (χ4n) is 1.83. The third-order valence-corrected chi connectivity index (χ3v) is 4.05. The Balaban J connectivity index is 2.85.